The number of aryl methyl sites for hydroxylation is 2. The average Bonchev–Trinajstić information content (AvgIpc) is 3.72. The zero-order valence-electron chi connectivity index (χ0n) is 24.3. The standard InChI is InChI=1S/C36H47N3/c1-4-28-14-17-32(20-25(28)2)30-12-10-27(11-13-30)24-39(26(3)29-8-6-5-7-9-29)36-22-33(18-19-37-36)34-21-35(38-23-34)31-15-16-31/h14,17-22,27,29-31H,3-13,15-16,23-24H2,1-2H3. The second-order valence-electron chi connectivity index (χ2n) is 12.8. The third-order valence-corrected chi connectivity index (χ3v) is 10.1. The van der Waals surface area contributed by atoms with Crippen LogP contribution < -0.4 is 4.90 Å². The van der Waals surface area contributed by atoms with Gasteiger partial charge in [0.05, 0.1) is 6.54 Å². The van der Waals surface area contributed by atoms with Crippen LogP contribution in [0.3, 0.4) is 0 Å². The highest BCUT2D eigenvalue weighted by Gasteiger charge is 2.30. The fraction of sp³-hybridized carbons (Fsp3) is 0.556. The summed E-state index contributed by atoms with van der Waals surface area (Å²) in [5.74, 6) is 3.80. The lowest BCUT2D eigenvalue weighted by Gasteiger charge is -2.37. The number of hydrogen-bond donors (Lipinski definition) is 0. The molecule has 0 radical (unpaired) electrons. The van der Waals surface area contributed by atoms with Crippen LogP contribution in [0, 0.1) is 24.7 Å². The van der Waals surface area contributed by atoms with Gasteiger partial charge >= 0.3 is 0 Å². The summed E-state index contributed by atoms with van der Waals surface area (Å²) in [6.45, 7) is 11.1. The van der Waals surface area contributed by atoms with Crippen molar-refractivity contribution in [3.8, 4) is 0 Å². The van der Waals surface area contributed by atoms with Crippen molar-refractivity contribution in [2.45, 2.75) is 96.8 Å². The van der Waals surface area contributed by atoms with E-state index in [1.807, 2.05) is 6.20 Å². The first-order valence-corrected chi connectivity index (χ1v) is 15.9. The zero-order valence-corrected chi connectivity index (χ0v) is 24.3. The molecule has 6 rings (SSSR count). The van der Waals surface area contributed by atoms with E-state index in [4.69, 9.17) is 16.6 Å². The fourth-order valence-electron chi connectivity index (χ4n) is 7.33. The van der Waals surface area contributed by atoms with Crippen molar-refractivity contribution in [1.82, 2.24) is 4.98 Å². The maximum absolute atomic E-state index is 4.95. The first-order valence-electron chi connectivity index (χ1n) is 15.9. The molecule has 3 saturated carbocycles. The summed E-state index contributed by atoms with van der Waals surface area (Å²) >= 11 is 0. The lowest BCUT2D eigenvalue weighted by atomic mass is 9.77. The number of aliphatic imine (C=N–C) groups is 1. The Labute approximate surface area is 236 Å². The smallest absolute Gasteiger partial charge is 0.133 e. The Morgan fingerprint density at radius 1 is 0.923 bits per heavy atom. The molecule has 3 heteroatoms. The molecule has 39 heavy (non-hydrogen) atoms. The molecular weight excluding hydrogens is 474 g/mol. The second kappa shape index (κ2) is 11.8. The highest BCUT2D eigenvalue weighted by molar-refractivity contribution is 6.07. The molecule has 206 valence electrons. The summed E-state index contributed by atoms with van der Waals surface area (Å²) in [5, 5.41) is 0. The number of allylic oxidation sites excluding steroid dienone is 2. The van der Waals surface area contributed by atoms with E-state index >= 15 is 0 Å². The van der Waals surface area contributed by atoms with E-state index in [0.717, 1.165) is 31.2 Å². The van der Waals surface area contributed by atoms with Gasteiger partial charge in [0.2, 0.25) is 0 Å². The van der Waals surface area contributed by atoms with Crippen LogP contribution in [0.1, 0.15) is 106 Å². The predicted molar refractivity (Wildman–Crippen MR) is 166 cm³/mol. The fourth-order valence-corrected chi connectivity index (χ4v) is 7.33. The Morgan fingerprint density at radius 3 is 2.41 bits per heavy atom. The van der Waals surface area contributed by atoms with Crippen LogP contribution in [0.25, 0.3) is 5.57 Å². The number of anilines is 1. The van der Waals surface area contributed by atoms with Crippen molar-refractivity contribution in [2.24, 2.45) is 22.7 Å². The van der Waals surface area contributed by atoms with Crippen LogP contribution in [0.5, 0.6) is 0 Å². The van der Waals surface area contributed by atoms with E-state index in [0.29, 0.717) is 17.8 Å². The van der Waals surface area contributed by atoms with Crippen molar-refractivity contribution in [3.63, 3.8) is 0 Å². The largest absolute Gasteiger partial charge is 0.330 e. The normalized spacial score (nSPS) is 23.8. The molecule has 2 aromatic rings. The van der Waals surface area contributed by atoms with Crippen molar-refractivity contribution < 1.29 is 0 Å². The maximum atomic E-state index is 4.95. The van der Waals surface area contributed by atoms with Crippen molar-refractivity contribution in [2.75, 3.05) is 18.0 Å². The van der Waals surface area contributed by atoms with Crippen LogP contribution in [-0.4, -0.2) is 23.8 Å². The molecule has 3 aliphatic carbocycles. The van der Waals surface area contributed by atoms with Gasteiger partial charge in [-0.05, 0) is 129 Å². The van der Waals surface area contributed by atoms with Crippen LogP contribution in [0.2, 0.25) is 0 Å². The maximum Gasteiger partial charge on any atom is 0.133 e. The number of nitrogens with zero attached hydrogens (tertiary/aromatic N) is 3. The van der Waals surface area contributed by atoms with Crippen LogP contribution >= 0.6 is 0 Å². The van der Waals surface area contributed by atoms with Gasteiger partial charge in [0.15, 0.2) is 0 Å². The summed E-state index contributed by atoms with van der Waals surface area (Å²) < 4.78 is 0. The Morgan fingerprint density at radius 2 is 1.69 bits per heavy atom. The molecule has 3 nitrogen and oxygen atoms in total. The van der Waals surface area contributed by atoms with E-state index in [-0.39, 0.29) is 0 Å². The Kier molecular flexibility index (Phi) is 8.04. The number of benzene rings is 1. The van der Waals surface area contributed by atoms with Gasteiger partial charge in [0, 0.05) is 30.1 Å². The molecular formula is C36H47N3. The highest BCUT2D eigenvalue weighted by atomic mass is 15.2. The van der Waals surface area contributed by atoms with Crippen LogP contribution in [-0.2, 0) is 6.42 Å². The molecule has 0 atom stereocenters. The Bertz CT molecular complexity index is 1240. The molecule has 0 bridgehead atoms. The first-order chi connectivity index (χ1) is 19.1. The van der Waals surface area contributed by atoms with E-state index in [9.17, 15) is 0 Å². The van der Waals surface area contributed by atoms with E-state index in [2.05, 4.69) is 55.2 Å². The monoisotopic (exact) mass is 521 g/mol. The van der Waals surface area contributed by atoms with Crippen molar-refractivity contribution in [1.29, 1.82) is 0 Å². The topological polar surface area (TPSA) is 28.5 Å². The molecule has 0 unspecified atom stereocenters. The molecule has 0 N–H and O–H groups in total. The zero-order chi connectivity index (χ0) is 26.8. The molecule has 3 fully saturated rings. The second-order valence-corrected chi connectivity index (χ2v) is 12.8. The van der Waals surface area contributed by atoms with E-state index < -0.39 is 0 Å². The third kappa shape index (κ3) is 6.08. The predicted octanol–water partition coefficient (Wildman–Crippen LogP) is 9.07. The summed E-state index contributed by atoms with van der Waals surface area (Å²) in [7, 11) is 0. The number of rotatable bonds is 9. The quantitative estimate of drug-likeness (QED) is 0.329. The molecule has 0 saturated heterocycles. The molecule has 0 amide bonds. The number of pyridine rings is 1. The molecule has 1 aromatic heterocycles. The number of hydrogen-bond acceptors (Lipinski definition) is 3. The summed E-state index contributed by atoms with van der Waals surface area (Å²) in [6.07, 6.45) is 19.9. The molecule has 4 aliphatic rings. The van der Waals surface area contributed by atoms with Gasteiger partial charge in [-0.25, -0.2) is 4.98 Å². The van der Waals surface area contributed by atoms with Gasteiger partial charge in [0.25, 0.3) is 0 Å². The molecule has 1 aromatic carbocycles. The Balaban J connectivity index is 1.17. The molecule has 2 heterocycles. The minimum absolute atomic E-state index is 0.594. The van der Waals surface area contributed by atoms with Gasteiger partial charge in [0.1, 0.15) is 5.82 Å². The van der Waals surface area contributed by atoms with Gasteiger partial charge in [-0.1, -0.05) is 51.0 Å². The van der Waals surface area contributed by atoms with Crippen molar-refractivity contribution in [3.05, 3.63) is 77.1 Å². The van der Waals surface area contributed by atoms with Gasteiger partial charge in [-0.2, -0.15) is 0 Å². The van der Waals surface area contributed by atoms with Gasteiger partial charge < -0.3 is 4.90 Å². The minimum atomic E-state index is 0.594. The first kappa shape index (κ1) is 26.5. The van der Waals surface area contributed by atoms with Crippen molar-refractivity contribution >= 4 is 17.1 Å². The molecule has 1 aliphatic heterocycles. The van der Waals surface area contributed by atoms with Crippen LogP contribution in [0.15, 0.2) is 59.9 Å². The van der Waals surface area contributed by atoms with Gasteiger partial charge in [-0.3, -0.25) is 4.99 Å². The van der Waals surface area contributed by atoms with Crippen LogP contribution in [0.4, 0.5) is 5.82 Å². The molecule has 0 spiro atoms. The third-order valence-electron chi connectivity index (χ3n) is 10.1. The lowest BCUT2D eigenvalue weighted by molar-refractivity contribution is 0.323. The SMILES string of the molecule is C=C(C1CCCCC1)N(CC1CCC(c2ccc(CC)c(C)c2)CC1)c1cc(C2=CC(C3CC3)=NC2)ccn1. The Hall–Kier alpha value is -2.68. The summed E-state index contributed by atoms with van der Waals surface area (Å²) in [4.78, 5) is 12.3. The lowest BCUT2D eigenvalue weighted by Crippen LogP contribution is -2.34. The van der Waals surface area contributed by atoms with Gasteiger partial charge in [-0.15, -0.1) is 0 Å². The minimum Gasteiger partial charge on any atom is -0.330 e. The number of aromatic nitrogens is 1. The summed E-state index contributed by atoms with van der Waals surface area (Å²) in [5.41, 5.74) is 9.78. The van der Waals surface area contributed by atoms with E-state index in [1.54, 1.807) is 5.56 Å². The summed E-state index contributed by atoms with van der Waals surface area (Å²) in [6, 6.07) is 11.7. The van der Waals surface area contributed by atoms with E-state index in [1.165, 1.54) is 104 Å². The average molecular weight is 522 g/mol. The highest BCUT2D eigenvalue weighted by Crippen LogP contribution is 2.40.